The van der Waals surface area contributed by atoms with Crippen LogP contribution in [0, 0.1) is 0 Å². The summed E-state index contributed by atoms with van der Waals surface area (Å²) in [6, 6.07) is 15.7. The van der Waals surface area contributed by atoms with Gasteiger partial charge in [0.15, 0.2) is 5.16 Å². The summed E-state index contributed by atoms with van der Waals surface area (Å²) in [6.45, 7) is 9.43. The monoisotopic (exact) mass is 574 g/mol. The van der Waals surface area contributed by atoms with E-state index in [0.717, 1.165) is 33.7 Å². The lowest BCUT2D eigenvalue weighted by atomic mass is 10.0. The molecule has 9 nitrogen and oxygen atoms in total. The van der Waals surface area contributed by atoms with Crippen LogP contribution in [0.15, 0.2) is 72.3 Å². The summed E-state index contributed by atoms with van der Waals surface area (Å²) >= 11 is 1.53. The van der Waals surface area contributed by atoms with Crippen molar-refractivity contribution in [1.29, 1.82) is 0 Å². The second kappa shape index (κ2) is 13.0. The van der Waals surface area contributed by atoms with Gasteiger partial charge in [0.05, 0.1) is 11.4 Å². The van der Waals surface area contributed by atoms with Crippen molar-refractivity contribution in [1.82, 2.24) is 19.5 Å². The third-order valence-corrected chi connectivity index (χ3v) is 8.39. The summed E-state index contributed by atoms with van der Waals surface area (Å²) in [5, 5.41) is 6.52. The summed E-state index contributed by atoms with van der Waals surface area (Å²) in [7, 11) is -1.25. The lowest BCUT2D eigenvalue weighted by molar-refractivity contribution is -0.114. The molecule has 3 aromatic heterocycles. The van der Waals surface area contributed by atoms with Crippen molar-refractivity contribution in [2.45, 2.75) is 44.5 Å². The molecule has 0 saturated carbocycles. The van der Waals surface area contributed by atoms with Gasteiger partial charge in [-0.15, -0.1) is 0 Å². The van der Waals surface area contributed by atoms with Crippen molar-refractivity contribution in [3.63, 3.8) is 0 Å². The molecule has 2 N–H and O–H groups in total. The van der Waals surface area contributed by atoms with E-state index in [0.29, 0.717) is 30.4 Å². The van der Waals surface area contributed by atoms with E-state index in [1.54, 1.807) is 30.7 Å². The van der Waals surface area contributed by atoms with Crippen LogP contribution in [0.1, 0.15) is 17.3 Å². The summed E-state index contributed by atoms with van der Waals surface area (Å²) < 4.78 is 8.22. The number of imidazole rings is 1. The minimum atomic E-state index is -1.25. The van der Waals surface area contributed by atoms with Crippen LogP contribution in [0.3, 0.4) is 0 Å². The van der Waals surface area contributed by atoms with Gasteiger partial charge in [0.2, 0.25) is 5.91 Å². The van der Waals surface area contributed by atoms with E-state index in [-0.39, 0.29) is 11.8 Å². The molecule has 0 fully saturated rings. The van der Waals surface area contributed by atoms with Crippen LogP contribution in [0.25, 0.3) is 22.5 Å². The molecule has 11 heteroatoms. The maximum absolute atomic E-state index is 12.8. The van der Waals surface area contributed by atoms with Crippen LogP contribution in [0.2, 0.25) is 25.7 Å². The number of nitrogens with one attached hydrogen (secondary N) is 2. The smallest absolute Gasteiger partial charge is 0.255 e. The quantitative estimate of drug-likeness (QED) is 0.124. The van der Waals surface area contributed by atoms with Crippen LogP contribution >= 0.6 is 11.8 Å². The first-order valence-electron chi connectivity index (χ1n) is 12.9. The second-order valence-corrected chi connectivity index (χ2v) is 16.8. The Labute approximate surface area is 239 Å². The first kappa shape index (κ1) is 29.2. The molecular weight excluding hydrogens is 541 g/mol. The Morgan fingerprint density at radius 2 is 1.77 bits per heavy atom. The highest BCUT2D eigenvalue weighted by Crippen LogP contribution is 2.37. The number of benzene rings is 1. The standard InChI is InChI=1S/C29H34N6O3SSi/c1-20(36)32-25-18-23(11-14-31-25)27-26(34-29(39-2)35(27)19-38-15-16-40(3,4)5)22-7-6-8-24(17-22)33-28(37)21-9-12-30-13-10-21/h6-14,17-18H,15-16,19H2,1-5H3,(H,33,37)(H,31,32,36). The third kappa shape index (κ3) is 7.65. The van der Waals surface area contributed by atoms with E-state index in [1.807, 2.05) is 42.7 Å². The Hall–Kier alpha value is -3.80. The number of hydrogen-bond acceptors (Lipinski definition) is 7. The number of aromatic nitrogens is 4. The first-order valence-corrected chi connectivity index (χ1v) is 17.9. The Balaban J connectivity index is 1.75. The minimum absolute atomic E-state index is 0.199. The summed E-state index contributed by atoms with van der Waals surface area (Å²) in [5.74, 6) is 0.0305. The van der Waals surface area contributed by atoms with E-state index in [2.05, 4.69) is 44.8 Å². The van der Waals surface area contributed by atoms with Crippen LogP contribution in [-0.4, -0.2) is 52.3 Å². The number of ether oxygens (including phenoxy) is 1. The Morgan fingerprint density at radius 1 is 1.00 bits per heavy atom. The third-order valence-electron chi connectivity index (χ3n) is 6.01. The normalized spacial score (nSPS) is 11.3. The molecule has 0 aliphatic heterocycles. The number of carbonyl (C=O) groups is 2. The topological polar surface area (TPSA) is 111 Å². The van der Waals surface area contributed by atoms with Gasteiger partial charge in [0.1, 0.15) is 12.5 Å². The Kier molecular flexibility index (Phi) is 9.51. The van der Waals surface area contributed by atoms with Crippen molar-refractivity contribution in [3.05, 3.63) is 72.7 Å². The predicted molar refractivity (Wildman–Crippen MR) is 163 cm³/mol. The molecule has 4 aromatic rings. The minimum Gasteiger partial charge on any atom is -0.361 e. The molecule has 0 atom stereocenters. The van der Waals surface area contributed by atoms with Gasteiger partial charge in [0.25, 0.3) is 5.91 Å². The molecule has 0 aliphatic rings. The average Bonchev–Trinajstić information content (AvgIpc) is 3.29. The van der Waals surface area contributed by atoms with E-state index < -0.39 is 8.07 Å². The van der Waals surface area contributed by atoms with Gasteiger partial charge in [-0.05, 0) is 48.7 Å². The number of nitrogens with zero attached hydrogens (tertiary/aromatic N) is 4. The molecule has 40 heavy (non-hydrogen) atoms. The molecule has 4 rings (SSSR count). The van der Waals surface area contributed by atoms with Gasteiger partial charge in [-0.3, -0.25) is 19.1 Å². The maximum atomic E-state index is 12.8. The lowest BCUT2D eigenvalue weighted by Gasteiger charge is -2.17. The van der Waals surface area contributed by atoms with Crippen molar-refractivity contribution >= 4 is 43.2 Å². The number of anilines is 2. The van der Waals surface area contributed by atoms with Crippen LogP contribution < -0.4 is 10.6 Å². The van der Waals surface area contributed by atoms with E-state index in [9.17, 15) is 9.59 Å². The summed E-state index contributed by atoms with van der Waals surface area (Å²) in [4.78, 5) is 37.8. The zero-order chi connectivity index (χ0) is 28.7. The molecule has 0 radical (unpaired) electrons. The van der Waals surface area contributed by atoms with Crippen molar-refractivity contribution in [3.8, 4) is 22.5 Å². The molecule has 208 valence electrons. The van der Waals surface area contributed by atoms with Gasteiger partial charge in [0, 0.05) is 62.6 Å². The fraction of sp³-hybridized carbons (Fsp3) is 0.276. The van der Waals surface area contributed by atoms with Crippen molar-refractivity contribution in [2.24, 2.45) is 0 Å². The zero-order valence-electron chi connectivity index (χ0n) is 23.4. The van der Waals surface area contributed by atoms with E-state index in [1.165, 1.54) is 18.7 Å². The molecule has 0 unspecified atom stereocenters. The number of hydrogen-bond donors (Lipinski definition) is 2. The van der Waals surface area contributed by atoms with E-state index >= 15 is 0 Å². The largest absolute Gasteiger partial charge is 0.361 e. The second-order valence-electron chi connectivity index (χ2n) is 10.5. The van der Waals surface area contributed by atoms with Gasteiger partial charge in [-0.1, -0.05) is 43.5 Å². The molecule has 3 heterocycles. The average molecular weight is 575 g/mol. The fourth-order valence-electron chi connectivity index (χ4n) is 4.01. The maximum Gasteiger partial charge on any atom is 0.255 e. The molecule has 1 aromatic carbocycles. The summed E-state index contributed by atoms with van der Waals surface area (Å²) in [6.07, 6.45) is 6.82. The number of carbonyl (C=O) groups excluding carboxylic acids is 2. The van der Waals surface area contributed by atoms with Gasteiger partial charge >= 0.3 is 0 Å². The van der Waals surface area contributed by atoms with Crippen molar-refractivity contribution in [2.75, 3.05) is 23.5 Å². The Morgan fingerprint density at radius 3 is 2.48 bits per heavy atom. The molecule has 0 saturated heterocycles. The highest BCUT2D eigenvalue weighted by atomic mass is 32.2. The molecule has 2 amide bonds. The Bertz CT molecular complexity index is 1490. The molecular formula is C29H34N6O3SSi. The zero-order valence-corrected chi connectivity index (χ0v) is 25.2. The van der Waals surface area contributed by atoms with Crippen LogP contribution in [0.4, 0.5) is 11.5 Å². The highest BCUT2D eigenvalue weighted by molar-refractivity contribution is 7.98. The van der Waals surface area contributed by atoms with Gasteiger partial charge in [-0.25, -0.2) is 9.97 Å². The predicted octanol–water partition coefficient (Wildman–Crippen LogP) is 6.25. The van der Waals surface area contributed by atoms with Crippen LogP contribution in [-0.2, 0) is 16.3 Å². The number of thioether (sulfide) groups is 1. The number of amides is 2. The van der Waals surface area contributed by atoms with Crippen molar-refractivity contribution < 1.29 is 14.3 Å². The number of pyridine rings is 2. The lowest BCUT2D eigenvalue weighted by Crippen LogP contribution is -2.22. The molecule has 0 bridgehead atoms. The summed E-state index contributed by atoms with van der Waals surface area (Å²) in [5.41, 5.74) is 4.40. The van der Waals surface area contributed by atoms with Crippen LogP contribution in [0.5, 0.6) is 0 Å². The highest BCUT2D eigenvalue weighted by Gasteiger charge is 2.22. The molecule has 0 spiro atoms. The number of rotatable bonds is 11. The van der Waals surface area contributed by atoms with E-state index in [4.69, 9.17) is 9.72 Å². The first-order chi connectivity index (χ1) is 19.1. The molecule has 0 aliphatic carbocycles. The fourth-order valence-corrected chi connectivity index (χ4v) is 5.32. The SMILES string of the molecule is CSc1nc(-c2cccc(NC(=O)c3ccncc3)c2)c(-c2ccnc(NC(C)=O)c2)n1COCC[Si](C)(C)C. The van der Waals surface area contributed by atoms with Gasteiger partial charge < -0.3 is 15.4 Å². The van der Waals surface area contributed by atoms with Gasteiger partial charge in [-0.2, -0.15) is 0 Å².